The number of ether oxygens (including phenoxy) is 1. The topological polar surface area (TPSA) is 75.7 Å². The van der Waals surface area contributed by atoms with E-state index in [1.54, 1.807) is 36.4 Å². The molecule has 0 spiro atoms. The van der Waals surface area contributed by atoms with Crippen molar-refractivity contribution in [2.75, 3.05) is 13.2 Å². The molecule has 7 heteroatoms. The van der Waals surface area contributed by atoms with Crippen molar-refractivity contribution < 1.29 is 23.5 Å². The normalized spacial score (nSPS) is 15.0. The second-order valence-corrected chi connectivity index (χ2v) is 5.48. The summed E-state index contributed by atoms with van der Waals surface area (Å²) in [7, 11) is 0. The Morgan fingerprint density at radius 2 is 1.80 bits per heavy atom. The number of cyclic esters (lactones) is 1. The number of amides is 3. The van der Waals surface area contributed by atoms with Crippen molar-refractivity contribution in [3.63, 3.8) is 0 Å². The standard InChI is InChI=1S/C18H15FN2O4/c19-14-9-5-4-8-13(14)17(23)20-15(12-6-2-1-3-7-12)10-21-16(22)11-25-18(21)24/h1-9,15H,10-11H2,(H,20,23)/t15-/m1/s1. The van der Waals surface area contributed by atoms with Gasteiger partial charge < -0.3 is 10.1 Å². The van der Waals surface area contributed by atoms with E-state index in [1.165, 1.54) is 18.2 Å². The number of nitrogens with zero attached hydrogens (tertiary/aromatic N) is 1. The lowest BCUT2D eigenvalue weighted by atomic mass is 10.1. The van der Waals surface area contributed by atoms with Gasteiger partial charge in [0, 0.05) is 0 Å². The summed E-state index contributed by atoms with van der Waals surface area (Å²) < 4.78 is 18.5. The van der Waals surface area contributed by atoms with Crippen LogP contribution in [-0.2, 0) is 9.53 Å². The number of carbonyl (C=O) groups excluding carboxylic acids is 3. The summed E-state index contributed by atoms with van der Waals surface area (Å²) in [5.41, 5.74) is 0.568. The molecule has 0 aliphatic carbocycles. The molecule has 0 aromatic heterocycles. The maximum atomic E-state index is 13.8. The van der Waals surface area contributed by atoms with E-state index in [2.05, 4.69) is 10.1 Å². The number of halogens is 1. The van der Waals surface area contributed by atoms with Gasteiger partial charge >= 0.3 is 6.09 Å². The van der Waals surface area contributed by atoms with Crippen LogP contribution in [0.4, 0.5) is 9.18 Å². The van der Waals surface area contributed by atoms with Gasteiger partial charge in [-0.25, -0.2) is 14.1 Å². The zero-order valence-corrected chi connectivity index (χ0v) is 13.1. The molecule has 1 heterocycles. The smallest absolute Gasteiger partial charge is 0.417 e. The second kappa shape index (κ2) is 7.12. The van der Waals surface area contributed by atoms with Gasteiger partial charge in [-0.2, -0.15) is 0 Å². The molecular formula is C18H15FN2O4. The van der Waals surface area contributed by atoms with Gasteiger partial charge in [0.2, 0.25) is 0 Å². The Hall–Kier alpha value is -3.22. The first-order valence-corrected chi connectivity index (χ1v) is 7.63. The lowest BCUT2D eigenvalue weighted by Crippen LogP contribution is -2.40. The summed E-state index contributed by atoms with van der Waals surface area (Å²) in [6.45, 7) is -0.413. The number of imide groups is 1. The third kappa shape index (κ3) is 3.65. The molecule has 2 aromatic carbocycles. The zero-order chi connectivity index (χ0) is 17.8. The Kier molecular flexibility index (Phi) is 4.74. The minimum absolute atomic E-state index is 0.0954. The molecule has 128 valence electrons. The zero-order valence-electron chi connectivity index (χ0n) is 13.1. The van der Waals surface area contributed by atoms with Crippen LogP contribution in [0.15, 0.2) is 54.6 Å². The summed E-state index contributed by atoms with van der Waals surface area (Å²) in [5, 5.41) is 2.68. The van der Waals surface area contributed by atoms with Crippen molar-refractivity contribution in [3.8, 4) is 0 Å². The summed E-state index contributed by atoms with van der Waals surface area (Å²) in [4.78, 5) is 36.8. The van der Waals surface area contributed by atoms with E-state index >= 15 is 0 Å². The highest BCUT2D eigenvalue weighted by Gasteiger charge is 2.34. The Balaban J connectivity index is 1.84. The van der Waals surface area contributed by atoms with E-state index < -0.39 is 29.8 Å². The van der Waals surface area contributed by atoms with E-state index in [4.69, 9.17) is 0 Å². The van der Waals surface area contributed by atoms with E-state index in [9.17, 15) is 18.8 Å². The molecule has 0 unspecified atom stereocenters. The lowest BCUT2D eigenvalue weighted by molar-refractivity contribution is -0.126. The number of hydrogen-bond acceptors (Lipinski definition) is 4. The highest BCUT2D eigenvalue weighted by atomic mass is 19.1. The predicted molar refractivity (Wildman–Crippen MR) is 86.1 cm³/mol. The first-order valence-electron chi connectivity index (χ1n) is 7.63. The van der Waals surface area contributed by atoms with Crippen LogP contribution < -0.4 is 5.32 Å². The summed E-state index contributed by atoms with van der Waals surface area (Å²) in [6.07, 6.45) is -0.758. The van der Waals surface area contributed by atoms with Crippen LogP contribution >= 0.6 is 0 Å². The molecule has 3 amide bonds. The number of benzene rings is 2. The first-order chi connectivity index (χ1) is 12.1. The molecule has 1 aliphatic heterocycles. The Morgan fingerprint density at radius 1 is 1.12 bits per heavy atom. The fraction of sp³-hybridized carbons (Fsp3) is 0.167. The van der Waals surface area contributed by atoms with Crippen LogP contribution in [0.2, 0.25) is 0 Å². The van der Waals surface area contributed by atoms with Crippen molar-refractivity contribution >= 4 is 17.9 Å². The maximum Gasteiger partial charge on any atom is 0.417 e. The van der Waals surface area contributed by atoms with Crippen LogP contribution in [0, 0.1) is 5.82 Å². The summed E-state index contributed by atoms with van der Waals surface area (Å²) >= 11 is 0. The fourth-order valence-electron chi connectivity index (χ4n) is 2.54. The van der Waals surface area contributed by atoms with Crippen molar-refractivity contribution in [2.45, 2.75) is 6.04 Å². The molecule has 1 atom stereocenters. The molecule has 0 saturated carbocycles. The SMILES string of the molecule is O=C(N[C@H](CN1C(=O)COC1=O)c1ccccc1)c1ccccc1F. The second-order valence-electron chi connectivity index (χ2n) is 5.48. The van der Waals surface area contributed by atoms with Crippen molar-refractivity contribution in [2.24, 2.45) is 0 Å². The van der Waals surface area contributed by atoms with Crippen LogP contribution in [-0.4, -0.2) is 36.0 Å². The molecule has 25 heavy (non-hydrogen) atoms. The Labute approximate surface area is 143 Å². The predicted octanol–water partition coefficient (Wildman–Crippen LogP) is 2.28. The molecule has 3 rings (SSSR count). The van der Waals surface area contributed by atoms with Gasteiger partial charge in [-0.1, -0.05) is 42.5 Å². The average molecular weight is 342 g/mol. The third-order valence-electron chi connectivity index (χ3n) is 3.83. The fourth-order valence-corrected chi connectivity index (χ4v) is 2.54. The van der Waals surface area contributed by atoms with Crippen molar-refractivity contribution in [3.05, 3.63) is 71.5 Å². The highest BCUT2D eigenvalue weighted by molar-refractivity contribution is 5.98. The molecule has 6 nitrogen and oxygen atoms in total. The van der Waals surface area contributed by atoms with Crippen molar-refractivity contribution in [1.29, 1.82) is 0 Å². The van der Waals surface area contributed by atoms with E-state index in [0.29, 0.717) is 5.56 Å². The van der Waals surface area contributed by atoms with Gasteiger partial charge in [-0.3, -0.25) is 9.59 Å². The quantitative estimate of drug-likeness (QED) is 0.904. The maximum absolute atomic E-state index is 13.8. The third-order valence-corrected chi connectivity index (χ3v) is 3.83. The van der Waals surface area contributed by atoms with E-state index in [-0.39, 0.29) is 18.7 Å². The largest absolute Gasteiger partial charge is 0.439 e. The lowest BCUT2D eigenvalue weighted by Gasteiger charge is -2.23. The molecule has 1 N–H and O–H groups in total. The highest BCUT2D eigenvalue weighted by Crippen LogP contribution is 2.18. The van der Waals surface area contributed by atoms with Gasteiger partial charge in [0.15, 0.2) is 6.61 Å². The van der Waals surface area contributed by atoms with Crippen LogP contribution in [0.1, 0.15) is 22.0 Å². The number of hydrogen-bond donors (Lipinski definition) is 1. The van der Waals surface area contributed by atoms with Crippen LogP contribution in [0.25, 0.3) is 0 Å². The minimum atomic E-state index is -0.758. The van der Waals surface area contributed by atoms with Crippen LogP contribution in [0.5, 0.6) is 0 Å². The molecule has 0 radical (unpaired) electrons. The van der Waals surface area contributed by atoms with Gasteiger partial charge in [-0.15, -0.1) is 0 Å². The van der Waals surface area contributed by atoms with Crippen LogP contribution in [0.3, 0.4) is 0 Å². The Morgan fingerprint density at radius 3 is 2.44 bits per heavy atom. The van der Waals surface area contributed by atoms with E-state index in [0.717, 1.165) is 4.90 Å². The van der Waals surface area contributed by atoms with Gasteiger partial charge in [0.05, 0.1) is 18.2 Å². The summed E-state index contributed by atoms with van der Waals surface area (Å²) in [5.74, 6) is -1.76. The number of carbonyl (C=O) groups is 3. The molecular weight excluding hydrogens is 327 g/mol. The van der Waals surface area contributed by atoms with Gasteiger partial charge in [-0.05, 0) is 17.7 Å². The van der Waals surface area contributed by atoms with Crippen molar-refractivity contribution in [1.82, 2.24) is 10.2 Å². The van der Waals surface area contributed by atoms with E-state index in [1.807, 2.05) is 0 Å². The average Bonchev–Trinajstić information content (AvgIpc) is 2.94. The molecule has 1 fully saturated rings. The minimum Gasteiger partial charge on any atom is -0.439 e. The number of nitrogens with one attached hydrogen (secondary N) is 1. The number of rotatable bonds is 5. The molecule has 1 saturated heterocycles. The Bertz CT molecular complexity index is 794. The molecule has 1 aliphatic rings. The van der Waals surface area contributed by atoms with Gasteiger partial charge in [0.1, 0.15) is 5.82 Å². The first kappa shape index (κ1) is 16.6. The molecule has 0 bridgehead atoms. The summed E-state index contributed by atoms with van der Waals surface area (Å²) in [6, 6.07) is 13.7. The monoisotopic (exact) mass is 342 g/mol. The van der Waals surface area contributed by atoms with Gasteiger partial charge in [0.25, 0.3) is 11.8 Å². The molecule has 2 aromatic rings.